The Morgan fingerprint density at radius 3 is 2.67 bits per heavy atom. The lowest BCUT2D eigenvalue weighted by atomic mass is 10.3. The zero-order valence-corrected chi connectivity index (χ0v) is 11.1. The third kappa shape index (κ3) is 3.82. The van der Waals surface area contributed by atoms with E-state index in [1.54, 1.807) is 13.8 Å². The van der Waals surface area contributed by atoms with Crippen LogP contribution < -0.4 is 9.46 Å². The number of halogens is 1. The first-order chi connectivity index (χ1) is 8.36. The Bertz CT molecular complexity index is 526. The van der Waals surface area contributed by atoms with Crippen LogP contribution >= 0.6 is 0 Å². The predicted molar refractivity (Wildman–Crippen MR) is 67.5 cm³/mol. The molecule has 0 spiro atoms. The van der Waals surface area contributed by atoms with Crippen molar-refractivity contribution in [1.82, 2.24) is 4.72 Å². The molecule has 1 aromatic carbocycles. The fourth-order valence-electron chi connectivity index (χ4n) is 1.25. The molecule has 0 aromatic heterocycles. The van der Waals surface area contributed by atoms with E-state index in [1.165, 1.54) is 18.2 Å². The van der Waals surface area contributed by atoms with Crippen LogP contribution in [0, 0.1) is 5.82 Å². The number of sulfonamides is 1. The molecule has 0 bridgehead atoms. The molecule has 0 aliphatic carbocycles. The second kappa shape index (κ2) is 5.97. The molecule has 0 atom stereocenters. The van der Waals surface area contributed by atoms with Crippen LogP contribution in [-0.4, -0.2) is 21.1 Å². The smallest absolute Gasteiger partial charge is 0.240 e. The van der Waals surface area contributed by atoms with Crippen LogP contribution in [0.15, 0.2) is 35.7 Å². The molecule has 1 N–H and O–H groups in total. The van der Waals surface area contributed by atoms with E-state index in [1.807, 2.05) is 0 Å². The van der Waals surface area contributed by atoms with Crippen molar-refractivity contribution < 1.29 is 17.5 Å². The van der Waals surface area contributed by atoms with Gasteiger partial charge in [-0.2, -0.15) is 0 Å². The molecule has 0 radical (unpaired) electrons. The number of hydrogen-bond donors (Lipinski definition) is 1. The van der Waals surface area contributed by atoms with E-state index in [0.717, 1.165) is 6.07 Å². The number of benzene rings is 1. The largest absolute Gasteiger partial charge is 0.488 e. The lowest BCUT2D eigenvalue weighted by molar-refractivity contribution is 0.231. The molecule has 0 aliphatic heterocycles. The number of hydrogen-bond acceptors (Lipinski definition) is 3. The van der Waals surface area contributed by atoms with Crippen molar-refractivity contribution in [1.29, 1.82) is 0 Å². The molecular formula is C12H16FNO3S. The maximum atomic E-state index is 13.6. The van der Waals surface area contributed by atoms with Gasteiger partial charge in [-0.15, -0.1) is 6.58 Å². The zero-order chi connectivity index (χ0) is 13.8. The first-order valence-corrected chi connectivity index (χ1v) is 6.92. The molecule has 0 saturated carbocycles. The molecule has 18 heavy (non-hydrogen) atoms. The predicted octanol–water partition coefficient (Wildman–Crippen LogP) is 2.08. The van der Waals surface area contributed by atoms with Crippen LogP contribution in [0.3, 0.4) is 0 Å². The average molecular weight is 273 g/mol. The highest BCUT2D eigenvalue weighted by Crippen LogP contribution is 2.21. The Balaban J connectivity index is 3.00. The van der Waals surface area contributed by atoms with Gasteiger partial charge in [-0.1, -0.05) is 6.08 Å². The minimum absolute atomic E-state index is 0.0349. The molecule has 4 nitrogen and oxygen atoms in total. The van der Waals surface area contributed by atoms with Crippen molar-refractivity contribution in [3.63, 3.8) is 0 Å². The Morgan fingerprint density at radius 1 is 1.50 bits per heavy atom. The first kappa shape index (κ1) is 14.7. The second-order valence-corrected chi connectivity index (χ2v) is 5.67. The van der Waals surface area contributed by atoms with Crippen molar-refractivity contribution in [2.24, 2.45) is 0 Å². The van der Waals surface area contributed by atoms with Crippen molar-refractivity contribution >= 4 is 10.0 Å². The highest BCUT2D eigenvalue weighted by atomic mass is 32.2. The number of rotatable bonds is 6. The first-order valence-electron chi connectivity index (χ1n) is 5.43. The van der Waals surface area contributed by atoms with Gasteiger partial charge in [0.15, 0.2) is 11.6 Å². The maximum Gasteiger partial charge on any atom is 0.240 e. The summed E-state index contributed by atoms with van der Waals surface area (Å²) in [6.45, 7) is 7.01. The summed E-state index contributed by atoms with van der Waals surface area (Å²) in [5.41, 5.74) is 0. The molecule has 0 heterocycles. The number of nitrogens with one attached hydrogen (secondary N) is 1. The summed E-state index contributed by atoms with van der Waals surface area (Å²) in [6.07, 6.45) is 1.23. The van der Waals surface area contributed by atoms with E-state index >= 15 is 0 Å². The van der Waals surface area contributed by atoms with Crippen molar-refractivity contribution in [2.45, 2.75) is 24.8 Å². The maximum absolute atomic E-state index is 13.6. The Morgan fingerprint density at radius 2 is 2.17 bits per heavy atom. The van der Waals surface area contributed by atoms with Crippen LogP contribution in [0.25, 0.3) is 0 Å². The van der Waals surface area contributed by atoms with Gasteiger partial charge in [0, 0.05) is 6.54 Å². The molecule has 0 saturated heterocycles. The van der Waals surface area contributed by atoms with Gasteiger partial charge in [0.1, 0.15) is 0 Å². The fourth-order valence-corrected chi connectivity index (χ4v) is 2.26. The normalized spacial score (nSPS) is 11.6. The standard InChI is InChI=1S/C12H16FNO3S/c1-4-7-14-18(15,16)10-5-6-12(11(13)8-10)17-9(2)3/h4-6,8-9,14H,1,7H2,2-3H3. The van der Waals surface area contributed by atoms with Crippen LogP contribution in [0.1, 0.15) is 13.8 Å². The minimum atomic E-state index is -3.71. The molecular weight excluding hydrogens is 257 g/mol. The summed E-state index contributed by atoms with van der Waals surface area (Å²) in [5.74, 6) is -0.669. The van der Waals surface area contributed by atoms with Crippen LogP contribution in [0.2, 0.25) is 0 Å². The van der Waals surface area contributed by atoms with Crippen molar-refractivity contribution in [3.8, 4) is 5.75 Å². The molecule has 0 amide bonds. The fraction of sp³-hybridized carbons (Fsp3) is 0.333. The lowest BCUT2D eigenvalue weighted by Gasteiger charge is -2.11. The summed E-state index contributed by atoms with van der Waals surface area (Å²) in [5, 5.41) is 0. The SMILES string of the molecule is C=CCNS(=O)(=O)c1ccc(OC(C)C)c(F)c1. The molecule has 0 unspecified atom stereocenters. The highest BCUT2D eigenvalue weighted by molar-refractivity contribution is 7.89. The summed E-state index contributed by atoms with van der Waals surface area (Å²) in [4.78, 5) is -0.141. The van der Waals surface area contributed by atoms with E-state index < -0.39 is 15.8 Å². The van der Waals surface area contributed by atoms with Crippen molar-refractivity contribution in [3.05, 3.63) is 36.7 Å². The van der Waals surface area contributed by atoms with E-state index in [9.17, 15) is 12.8 Å². The highest BCUT2D eigenvalue weighted by Gasteiger charge is 2.16. The van der Waals surface area contributed by atoms with Crippen LogP contribution in [0.5, 0.6) is 5.75 Å². The van der Waals surface area contributed by atoms with E-state index in [4.69, 9.17) is 4.74 Å². The van der Waals surface area contributed by atoms with Gasteiger partial charge in [0.05, 0.1) is 11.0 Å². The Labute approximate surface area is 107 Å². The van der Waals surface area contributed by atoms with Crippen LogP contribution in [-0.2, 0) is 10.0 Å². The van der Waals surface area contributed by atoms with Gasteiger partial charge in [0.25, 0.3) is 0 Å². The number of ether oxygens (including phenoxy) is 1. The second-order valence-electron chi connectivity index (χ2n) is 3.90. The summed E-state index contributed by atoms with van der Waals surface area (Å²) in [6, 6.07) is 3.53. The van der Waals surface area contributed by atoms with Gasteiger partial charge < -0.3 is 4.74 Å². The zero-order valence-electron chi connectivity index (χ0n) is 10.3. The summed E-state index contributed by atoms with van der Waals surface area (Å²) in [7, 11) is -3.71. The summed E-state index contributed by atoms with van der Waals surface area (Å²) < 4.78 is 44.5. The molecule has 0 fully saturated rings. The molecule has 6 heteroatoms. The molecule has 0 aliphatic rings. The van der Waals surface area contributed by atoms with Gasteiger partial charge >= 0.3 is 0 Å². The van der Waals surface area contributed by atoms with Gasteiger partial charge in [-0.25, -0.2) is 17.5 Å². The minimum Gasteiger partial charge on any atom is -0.488 e. The third-order valence-electron chi connectivity index (χ3n) is 1.99. The molecule has 1 aromatic rings. The lowest BCUT2D eigenvalue weighted by Crippen LogP contribution is -2.23. The Hall–Kier alpha value is -1.40. The van der Waals surface area contributed by atoms with Gasteiger partial charge in [0.2, 0.25) is 10.0 Å². The molecule has 100 valence electrons. The van der Waals surface area contributed by atoms with Crippen molar-refractivity contribution in [2.75, 3.05) is 6.54 Å². The molecule has 1 rings (SSSR count). The van der Waals surface area contributed by atoms with Gasteiger partial charge in [-0.05, 0) is 32.0 Å². The van der Waals surface area contributed by atoms with E-state index in [0.29, 0.717) is 0 Å². The quantitative estimate of drug-likeness (QED) is 0.807. The van der Waals surface area contributed by atoms with Gasteiger partial charge in [-0.3, -0.25) is 0 Å². The topological polar surface area (TPSA) is 55.4 Å². The van der Waals surface area contributed by atoms with E-state index in [2.05, 4.69) is 11.3 Å². The van der Waals surface area contributed by atoms with Crippen LogP contribution in [0.4, 0.5) is 4.39 Å². The third-order valence-corrected chi connectivity index (χ3v) is 3.42. The van der Waals surface area contributed by atoms with E-state index in [-0.39, 0.29) is 23.3 Å². The average Bonchev–Trinajstić information content (AvgIpc) is 2.28. The monoisotopic (exact) mass is 273 g/mol. The summed E-state index contributed by atoms with van der Waals surface area (Å²) >= 11 is 0. The Kier molecular flexibility index (Phi) is 4.86.